The van der Waals surface area contributed by atoms with E-state index < -0.39 is 0 Å². The number of nitrogens with one attached hydrogen (secondary N) is 1. The Kier molecular flexibility index (Phi) is 5.34. The van der Waals surface area contributed by atoms with Crippen molar-refractivity contribution in [2.24, 2.45) is 0 Å². The first-order valence-electron chi connectivity index (χ1n) is 9.22. The molecule has 0 saturated carbocycles. The number of aryl methyl sites for hydroxylation is 4. The summed E-state index contributed by atoms with van der Waals surface area (Å²) in [6.07, 6.45) is 7.22. The number of carbonyl (C=O) groups is 1. The monoisotopic (exact) mass is 321 g/mol. The van der Waals surface area contributed by atoms with Crippen molar-refractivity contribution in [1.29, 1.82) is 0 Å². The third-order valence-electron chi connectivity index (χ3n) is 5.04. The number of para-hydroxylation sites is 1. The lowest BCUT2D eigenvalue weighted by Crippen LogP contribution is -2.17. The Morgan fingerprint density at radius 2 is 1.62 bits per heavy atom. The van der Waals surface area contributed by atoms with E-state index >= 15 is 0 Å². The van der Waals surface area contributed by atoms with Crippen LogP contribution in [0.5, 0.6) is 0 Å². The fourth-order valence-corrected chi connectivity index (χ4v) is 3.67. The molecule has 0 spiro atoms. The first-order chi connectivity index (χ1) is 11.7. The van der Waals surface area contributed by atoms with E-state index in [0.717, 1.165) is 30.5 Å². The molecular formula is C22H27NO. The molecule has 0 heterocycles. The highest BCUT2D eigenvalue weighted by molar-refractivity contribution is 5.93. The molecule has 1 N–H and O–H groups in total. The van der Waals surface area contributed by atoms with Crippen molar-refractivity contribution < 1.29 is 4.79 Å². The zero-order valence-electron chi connectivity index (χ0n) is 14.8. The van der Waals surface area contributed by atoms with Gasteiger partial charge >= 0.3 is 0 Å². The molecule has 1 aliphatic rings. The van der Waals surface area contributed by atoms with E-state index in [2.05, 4.69) is 55.6 Å². The van der Waals surface area contributed by atoms with E-state index in [1.165, 1.54) is 41.5 Å². The van der Waals surface area contributed by atoms with Crippen LogP contribution in [0, 0.1) is 0 Å². The van der Waals surface area contributed by atoms with Crippen LogP contribution in [0.4, 0.5) is 5.69 Å². The molecule has 2 aromatic rings. The summed E-state index contributed by atoms with van der Waals surface area (Å²) in [6.45, 7) is 4.27. The number of benzene rings is 2. The van der Waals surface area contributed by atoms with Crippen LogP contribution in [0.1, 0.15) is 54.5 Å². The normalized spacial score (nSPS) is 13.4. The minimum atomic E-state index is 0.0846. The van der Waals surface area contributed by atoms with Crippen molar-refractivity contribution in [3.05, 3.63) is 64.2 Å². The lowest BCUT2D eigenvalue weighted by Gasteiger charge is -2.17. The summed E-state index contributed by atoms with van der Waals surface area (Å²) in [5, 5.41) is 3.17. The zero-order chi connectivity index (χ0) is 16.9. The number of hydrogen-bond acceptors (Lipinski definition) is 1. The van der Waals surface area contributed by atoms with Gasteiger partial charge in [0.1, 0.15) is 0 Å². The predicted molar refractivity (Wildman–Crippen MR) is 101 cm³/mol. The van der Waals surface area contributed by atoms with Crippen LogP contribution >= 0.6 is 0 Å². The van der Waals surface area contributed by atoms with Gasteiger partial charge in [-0.25, -0.2) is 0 Å². The van der Waals surface area contributed by atoms with Crippen molar-refractivity contribution in [2.75, 3.05) is 5.32 Å². The molecule has 2 aromatic carbocycles. The van der Waals surface area contributed by atoms with Crippen LogP contribution in [0.15, 0.2) is 36.4 Å². The summed E-state index contributed by atoms with van der Waals surface area (Å²) in [6, 6.07) is 12.9. The number of amides is 1. The summed E-state index contributed by atoms with van der Waals surface area (Å²) in [5.41, 5.74) is 7.48. The third kappa shape index (κ3) is 3.69. The first-order valence-corrected chi connectivity index (χ1v) is 9.22. The second-order valence-electron chi connectivity index (χ2n) is 6.69. The van der Waals surface area contributed by atoms with Crippen molar-refractivity contribution in [2.45, 2.75) is 58.8 Å². The molecule has 24 heavy (non-hydrogen) atoms. The second-order valence-corrected chi connectivity index (χ2v) is 6.69. The Morgan fingerprint density at radius 3 is 2.29 bits per heavy atom. The maximum Gasteiger partial charge on any atom is 0.228 e. The molecule has 2 nitrogen and oxygen atoms in total. The van der Waals surface area contributed by atoms with E-state index in [1.807, 2.05) is 0 Å². The third-order valence-corrected chi connectivity index (χ3v) is 5.04. The van der Waals surface area contributed by atoms with Crippen LogP contribution in [0.25, 0.3) is 0 Å². The highest BCUT2D eigenvalue weighted by Crippen LogP contribution is 2.24. The highest BCUT2D eigenvalue weighted by atomic mass is 16.1. The summed E-state index contributed by atoms with van der Waals surface area (Å²) in [5.74, 6) is 0.0846. The fraction of sp³-hybridized carbons (Fsp3) is 0.409. The molecule has 0 unspecified atom stereocenters. The van der Waals surface area contributed by atoms with Gasteiger partial charge in [0.25, 0.3) is 0 Å². The SMILES string of the molecule is CCc1cccc(CC)c1NC(=O)Cc1ccc2c(c1)CCCC2. The molecule has 0 aliphatic heterocycles. The van der Waals surface area contributed by atoms with E-state index in [1.54, 1.807) is 0 Å². The molecule has 0 atom stereocenters. The molecule has 0 aromatic heterocycles. The number of fused-ring (bicyclic) bond motifs is 1. The lowest BCUT2D eigenvalue weighted by molar-refractivity contribution is -0.115. The summed E-state index contributed by atoms with van der Waals surface area (Å²) < 4.78 is 0. The minimum Gasteiger partial charge on any atom is -0.325 e. The van der Waals surface area contributed by atoms with Crippen LogP contribution in [-0.4, -0.2) is 5.91 Å². The molecule has 3 rings (SSSR count). The Hall–Kier alpha value is -2.09. The van der Waals surface area contributed by atoms with Gasteiger partial charge in [0.2, 0.25) is 5.91 Å². The smallest absolute Gasteiger partial charge is 0.228 e. The maximum atomic E-state index is 12.6. The Morgan fingerprint density at radius 1 is 0.958 bits per heavy atom. The lowest BCUT2D eigenvalue weighted by atomic mass is 9.90. The summed E-state index contributed by atoms with van der Waals surface area (Å²) >= 11 is 0. The first kappa shape index (κ1) is 16.8. The molecule has 1 amide bonds. The van der Waals surface area contributed by atoms with Gasteiger partial charge in [-0.3, -0.25) is 4.79 Å². The molecule has 126 valence electrons. The number of anilines is 1. The van der Waals surface area contributed by atoms with Crippen LogP contribution in [0.3, 0.4) is 0 Å². The number of rotatable bonds is 5. The van der Waals surface area contributed by atoms with Crippen molar-refractivity contribution in [3.63, 3.8) is 0 Å². The average Bonchev–Trinajstić information content (AvgIpc) is 2.61. The fourth-order valence-electron chi connectivity index (χ4n) is 3.67. The zero-order valence-corrected chi connectivity index (χ0v) is 14.8. The van der Waals surface area contributed by atoms with Gasteiger partial charge in [-0.15, -0.1) is 0 Å². The molecule has 2 heteroatoms. The van der Waals surface area contributed by atoms with Crippen molar-refractivity contribution in [3.8, 4) is 0 Å². The molecule has 0 bridgehead atoms. The largest absolute Gasteiger partial charge is 0.325 e. The standard InChI is InChI=1S/C22H27NO/c1-3-17-10-7-11-18(4-2)22(17)23-21(24)15-16-12-13-19-8-5-6-9-20(19)14-16/h7,10-14H,3-6,8-9,15H2,1-2H3,(H,23,24). The average molecular weight is 321 g/mol. The number of carbonyl (C=O) groups excluding carboxylic acids is 1. The second kappa shape index (κ2) is 7.65. The van der Waals surface area contributed by atoms with Crippen LogP contribution in [0.2, 0.25) is 0 Å². The Labute approximate surface area is 145 Å². The molecule has 0 saturated heterocycles. The van der Waals surface area contributed by atoms with E-state index in [0.29, 0.717) is 6.42 Å². The summed E-state index contributed by atoms with van der Waals surface area (Å²) in [7, 11) is 0. The molecular weight excluding hydrogens is 294 g/mol. The summed E-state index contributed by atoms with van der Waals surface area (Å²) in [4.78, 5) is 12.6. The van der Waals surface area contributed by atoms with E-state index in [4.69, 9.17) is 0 Å². The Balaban J connectivity index is 1.74. The van der Waals surface area contributed by atoms with Crippen molar-refractivity contribution in [1.82, 2.24) is 0 Å². The van der Waals surface area contributed by atoms with E-state index in [9.17, 15) is 4.79 Å². The maximum absolute atomic E-state index is 12.6. The topological polar surface area (TPSA) is 29.1 Å². The molecule has 1 aliphatic carbocycles. The van der Waals surface area contributed by atoms with Gasteiger partial charge in [0, 0.05) is 5.69 Å². The Bertz CT molecular complexity index is 710. The quantitative estimate of drug-likeness (QED) is 0.836. The van der Waals surface area contributed by atoms with Gasteiger partial charge in [-0.2, -0.15) is 0 Å². The van der Waals surface area contributed by atoms with Gasteiger partial charge in [-0.1, -0.05) is 50.2 Å². The van der Waals surface area contributed by atoms with Crippen LogP contribution < -0.4 is 5.32 Å². The van der Waals surface area contributed by atoms with Gasteiger partial charge < -0.3 is 5.32 Å². The number of hydrogen-bond donors (Lipinski definition) is 1. The van der Waals surface area contributed by atoms with Crippen molar-refractivity contribution >= 4 is 11.6 Å². The van der Waals surface area contributed by atoms with Gasteiger partial charge in [-0.05, 0) is 66.3 Å². The van der Waals surface area contributed by atoms with E-state index in [-0.39, 0.29) is 5.91 Å². The van der Waals surface area contributed by atoms with Crippen LogP contribution in [-0.2, 0) is 36.9 Å². The van der Waals surface area contributed by atoms with Gasteiger partial charge in [0.05, 0.1) is 6.42 Å². The highest BCUT2D eigenvalue weighted by Gasteiger charge is 2.13. The molecule has 0 radical (unpaired) electrons. The van der Waals surface area contributed by atoms with Gasteiger partial charge in [0.15, 0.2) is 0 Å². The minimum absolute atomic E-state index is 0.0846. The predicted octanol–water partition coefficient (Wildman–Crippen LogP) is 4.87. The molecule has 0 fully saturated rings.